The number of likely N-dealkylation sites (N-methyl/N-ethyl adjacent to an activating group) is 1. The Hall–Kier alpha value is -0.860. The Morgan fingerprint density at radius 1 is 1.11 bits per heavy atom. The van der Waals surface area contributed by atoms with Crippen LogP contribution in [0.3, 0.4) is 0 Å². The van der Waals surface area contributed by atoms with Crippen molar-refractivity contribution in [2.45, 2.75) is 38.3 Å². The van der Waals surface area contributed by atoms with Crippen molar-refractivity contribution in [3.63, 3.8) is 0 Å². The molecule has 0 amide bonds. The average Bonchev–Trinajstić information content (AvgIpc) is 3.01. The lowest BCUT2D eigenvalue weighted by Gasteiger charge is -2.32. The SMILES string of the molecule is CNC(c1ccccc1)C(C)N1CC2CCCC2C1. The van der Waals surface area contributed by atoms with Crippen molar-refractivity contribution < 1.29 is 0 Å². The molecule has 1 aromatic rings. The molecule has 4 atom stereocenters. The van der Waals surface area contributed by atoms with Gasteiger partial charge in [-0.25, -0.2) is 0 Å². The van der Waals surface area contributed by atoms with Crippen LogP contribution in [-0.4, -0.2) is 31.1 Å². The van der Waals surface area contributed by atoms with Gasteiger partial charge in [0.15, 0.2) is 0 Å². The summed E-state index contributed by atoms with van der Waals surface area (Å²) in [5, 5.41) is 3.52. The molecule has 1 aliphatic heterocycles. The summed E-state index contributed by atoms with van der Waals surface area (Å²) in [5.74, 6) is 1.96. The van der Waals surface area contributed by atoms with Crippen LogP contribution in [0.15, 0.2) is 30.3 Å². The molecule has 2 aliphatic rings. The fraction of sp³-hybridized carbons (Fsp3) is 0.647. The van der Waals surface area contributed by atoms with Gasteiger partial charge in [-0.05, 0) is 44.2 Å². The first kappa shape index (κ1) is 13.1. The van der Waals surface area contributed by atoms with Crippen LogP contribution in [0.25, 0.3) is 0 Å². The summed E-state index contributed by atoms with van der Waals surface area (Å²) in [4.78, 5) is 2.71. The van der Waals surface area contributed by atoms with Gasteiger partial charge in [0.1, 0.15) is 0 Å². The zero-order chi connectivity index (χ0) is 13.2. The second-order valence-electron chi connectivity index (χ2n) is 6.32. The van der Waals surface area contributed by atoms with E-state index >= 15 is 0 Å². The number of hydrogen-bond acceptors (Lipinski definition) is 2. The highest BCUT2D eigenvalue weighted by Crippen LogP contribution is 2.39. The van der Waals surface area contributed by atoms with Gasteiger partial charge < -0.3 is 5.32 Å². The van der Waals surface area contributed by atoms with E-state index in [0.29, 0.717) is 12.1 Å². The molecule has 0 bridgehead atoms. The first-order valence-electron chi connectivity index (χ1n) is 7.76. The second-order valence-corrected chi connectivity index (χ2v) is 6.32. The Bertz CT molecular complexity index is 391. The summed E-state index contributed by atoms with van der Waals surface area (Å²) >= 11 is 0. The molecule has 1 aromatic carbocycles. The van der Waals surface area contributed by atoms with E-state index in [0.717, 1.165) is 11.8 Å². The maximum Gasteiger partial charge on any atom is 0.0473 e. The van der Waals surface area contributed by atoms with Crippen LogP contribution in [0, 0.1) is 11.8 Å². The molecule has 1 saturated carbocycles. The largest absolute Gasteiger partial charge is 0.312 e. The monoisotopic (exact) mass is 258 g/mol. The lowest BCUT2D eigenvalue weighted by atomic mass is 9.99. The topological polar surface area (TPSA) is 15.3 Å². The molecule has 4 unspecified atom stereocenters. The van der Waals surface area contributed by atoms with Crippen LogP contribution in [0.4, 0.5) is 0 Å². The molecule has 19 heavy (non-hydrogen) atoms. The summed E-state index contributed by atoms with van der Waals surface area (Å²) in [7, 11) is 2.09. The molecule has 2 fully saturated rings. The first-order chi connectivity index (χ1) is 9.29. The minimum atomic E-state index is 0.444. The van der Waals surface area contributed by atoms with E-state index in [1.54, 1.807) is 0 Å². The van der Waals surface area contributed by atoms with Crippen LogP contribution >= 0.6 is 0 Å². The van der Waals surface area contributed by atoms with Crippen molar-refractivity contribution in [2.75, 3.05) is 20.1 Å². The highest BCUT2D eigenvalue weighted by molar-refractivity contribution is 5.20. The van der Waals surface area contributed by atoms with Gasteiger partial charge in [0.05, 0.1) is 0 Å². The Labute approximate surface area is 117 Å². The van der Waals surface area contributed by atoms with Gasteiger partial charge in [0, 0.05) is 25.2 Å². The zero-order valence-electron chi connectivity index (χ0n) is 12.2. The highest BCUT2D eigenvalue weighted by atomic mass is 15.2. The van der Waals surface area contributed by atoms with Crippen LogP contribution in [0.2, 0.25) is 0 Å². The van der Waals surface area contributed by atoms with E-state index in [9.17, 15) is 0 Å². The molecule has 3 rings (SSSR count). The van der Waals surface area contributed by atoms with Gasteiger partial charge in [0.25, 0.3) is 0 Å². The van der Waals surface area contributed by atoms with Gasteiger partial charge >= 0.3 is 0 Å². The summed E-state index contributed by atoms with van der Waals surface area (Å²) < 4.78 is 0. The van der Waals surface area contributed by atoms with Crippen LogP contribution < -0.4 is 5.32 Å². The van der Waals surface area contributed by atoms with Crippen molar-refractivity contribution in [3.8, 4) is 0 Å². The maximum atomic E-state index is 3.52. The molecular formula is C17H26N2. The van der Waals surface area contributed by atoms with E-state index in [4.69, 9.17) is 0 Å². The Morgan fingerprint density at radius 3 is 2.32 bits per heavy atom. The normalized spacial score (nSPS) is 30.2. The minimum absolute atomic E-state index is 0.444. The van der Waals surface area contributed by atoms with Crippen molar-refractivity contribution in [2.24, 2.45) is 11.8 Å². The van der Waals surface area contributed by atoms with Crippen molar-refractivity contribution in [1.29, 1.82) is 0 Å². The molecule has 0 aromatic heterocycles. The fourth-order valence-corrected chi connectivity index (χ4v) is 4.16. The number of nitrogens with one attached hydrogen (secondary N) is 1. The molecule has 2 heteroatoms. The summed E-state index contributed by atoms with van der Waals surface area (Å²) in [5.41, 5.74) is 1.41. The Balaban J connectivity index is 1.70. The number of nitrogens with zero attached hydrogens (tertiary/aromatic N) is 1. The predicted molar refractivity (Wildman–Crippen MR) is 80.1 cm³/mol. The number of likely N-dealkylation sites (tertiary alicyclic amines) is 1. The van der Waals surface area contributed by atoms with E-state index < -0.39 is 0 Å². The van der Waals surface area contributed by atoms with E-state index in [1.165, 1.54) is 37.9 Å². The third-order valence-corrected chi connectivity index (χ3v) is 5.28. The Morgan fingerprint density at radius 2 is 1.74 bits per heavy atom. The van der Waals surface area contributed by atoms with Crippen LogP contribution in [-0.2, 0) is 0 Å². The van der Waals surface area contributed by atoms with E-state index in [-0.39, 0.29) is 0 Å². The third-order valence-electron chi connectivity index (χ3n) is 5.28. The lowest BCUT2D eigenvalue weighted by molar-refractivity contribution is 0.197. The van der Waals surface area contributed by atoms with E-state index in [1.807, 2.05) is 0 Å². The quantitative estimate of drug-likeness (QED) is 0.893. The summed E-state index contributed by atoms with van der Waals surface area (Å²) in [6.07, 6.45) is 4.39. The van der Waals surface area contributed by atoms with Crippen molar-refractivity contribution >= 4 is 0 Å². The standard InChI is InChI=1S/C17H26N2/c1-13(17(18-2)14-7-4-3-5-8-14)19-11-15-9-6-10-16(15)12-19/h3-5,7-8,13,15-18H,6,9-12H2,1-2H3. The molecule has 1 aliphatic carbocycles. The maximum absolute atomic E-state index is 3.52. The predicted octanol–water partition coefficient (Wildman–Crippen LogP) is 3.07. The lowest BCUT2D eigenvalue weighted by Crippen LogP contribution is -2.41. The van der Waals surface area contributed by atoms with Crippen LogP contribution in [0.1, 0.15) is 37.8 Å². The summed E-state index contributed by atoms with van der Waals surface area (Å²) in [6, 6.07) is 11.9. The highest BCUT2D eigenvalue weighted by Gasteiger charge is 2.39. The Kier molecular flexibility index (Phi) is 3.90. The number of benzene rings is 1. The molecule has 0 spiro atoms. The number of hydrogen-bond donors (Lipinski definition) is 1. The third kappa shape index (κ3) is 2.56. The average molecular weight is 258 g/mol. The van der Waals surface area contributed by atoms with Gasteiger partial charge in [-0.3, -0.25) is 4.90 Å². The molecule has 104 valence electrons. The van der Waals surface area contributed by atoms with E-state index in [2.05, 4.69) is 54.5 Å². The molecule has 0 radical (unpaired) electrons. The van der Waals surface area contributed by atoms with Gasteiger partial charge in [-0.1, -0.05) is 36.8 Å². The minimum Gasteiger partial charge on any atom is -0.312 e. The molecule has 1 N–H and O–H groups in total. The first-order valence-corrected chi connectivity index (χ1v) is 7.76. The molecule has 1 heterocycles. The van der Waals surface area contributed by atoms with Gasteiger partial charge in [-0.2, -0.15) is 0 Å². The zero-order valence-corrected chi connectivity index (χ0v) is 12.2. The summed E-state index contributed by atoms with van der Waals surface area (Å²) in [6.45, 7) is 5.02. The molecular weight excluding hydrogens is 232 g/mol. The smallest absolute Gasteiger partial charge is 0.0473 e. The van der Waals surface area contributed by atoms with Crippen molar-refractivity contribution in [1.82, 2.24) is 10.2 Å². The van der Waals surface area contributed by atoms with Gasteiger partial charge in [0.2, 0.25) is 0 Å². The second kappa shape index (κ2) is 5.64. The van der Waals surface area contributed by atoms with Crippen LogP contribution in [0.5, 0.6) is 0 Å². The fourth-order valence-electron chi connectivity index (χ4n) is 4.16. The number of rotatable bonds is 4. The molecule has 2 nitrogen and oxygen atoms in total. The molecule has 1 saturated heterocycles. The van der Waals surface area contributed by atoms with Crippen molar-refractivity contribution in [3.05, 3.63) is 35.9 Å². The van der Waals surface area contributed by atoms with Gasteiger partial charge in [-0.15, -0.1) is 0 Å². The number of fused-ring (bicyclic) bond motifs is 1.